The first-order valence-electron chi connectivity index (χ1n) is 10.8. The molecule has 0 spiro atoms. The third-order valence-electron chi connectivity index (χ3n) is 5.35. The standard InChI is InChI=1S/C25H27Cl2NO6/c1-14(2)34-19-9-7-15(13-20(19)33-4)22-21(23(29)16-6-8-17(26)18(27)12-16)24(30)25(31)28(22)10-5-11-32-3/h6-9,12-14,22,29H,5,10-11H2,1-4H3/b23-21-. The third kappa shape index (κ3) is 5.32. The Morgan fingerprint density at radius 3 is 2.41 bits per heavy atom. The molecule has 1 saturated heterocycles. The number of rotatable bonds is 9. The molecule has 1 unspecified atom stereocenters. The predicted molar refractivity (Wildman–Crippen MR) is 131 cm³/mol. The van der Waals surface area contributed by atoms with Crippen LogP contribution in [0.15, 0.2) is 42.0 Å². The van der Waals surface area contributed by atoms with Gasteiger partial charge in [0.05, 0.1) is 34.9 Å². The first kappa shape index (κ1) is 25.9. The van der Waals surface area contributed by atoms with Crippen molar-refractivity contribution in [3.63, 3.8) is 0 Å². The van der Waals surface area contributed by atoms with Crippen LogP contribution in [-0.2, 0) is 14.3 Å². The van der Waals surface area contributed by atoms with Crippen LogP contribution < -0.4 is 9.47 Å². The largest absolute Gasteiger partial charge is 0.507 e. The normalized spacial score (nSPS) is 17.5. The number of likely N-dealkylation sites (tertiary alicyclic amines) is 1. The van der Waals surface area contributed by atoms with Gasteiger partial charge in [-0.25, -0.2) is 0 Å². The van der Waals surface area contributed by atoms with Crippen LogP contribution in [0.2, 0.25) is 10.0 Å². The van der Waals surface area contributed by atoms with Crippen molar-refractivity contribution in [3.8, 4) is 11.5 Å². The monoisotopic (exact) mass is 507 g/mol. The second-order valence-corrected chi connectivity index (χ2v) is 8.86. The number of aliphatic hydroxyl groups excluding tert-OH is 1. The average Bonchev–Trinajstić information content (AvgIpc) is 3.05. The van der Waals surface area contributed by atoms with E-state index in [-0.39, 0.29) is 34.6 Å². The van der Waals surface area contributed by atoms with Gasteiger partial charge >= 0.3 is 0 Å². The molecule has 0 aliphatic carbocycles. The van der Waals surface area contributed by atoms with Gasteiger partial charge in [-0.2, -0.15) is 0 Å². The molecule has 0 aromatic heterocycles. The topological polar surface area (TPSA) is 85.3 Å². The minimum Gasteiger partial charge on any atom is -0.507 e. The van der Waals surface area contributed by atoms with E-state index in [9.17, 15) is 14.7 Å². The Hall–Kier alpha value is -2.74. The minimum absolute atomic E-state index is 0.0413. The lowest BCUT2D eigenvalue weighted by Crippen LogP contribution is -2.31. The third-order valence-corrected chi connectivity index (χ3v) is 6.09. The molecule has 1 aliphatic rings. The van der Waals surface area contributed by atoms with Crippen molar-refractivity contribution < 1.29 is 28.9 Å². The van der Waals surface area contributed by atoms with E-state index in [1.165, 1.54) is 24.1 Å². The number of amides is 1. The maximum atomic E-state index is 13.1. The highest BCUT2D eigenvalue weighted by Crippen LogP contribution is 2.42. The fourth-order valence-corrected chi connectivity index (χ4v) is 4.14. The molecule has 7 nitrogen and oxygen atoms in total. The molecule has 1 fully saturated rings. The van der Waals surface area contributed by atoms with E-state index in [1.54, 1.807) is 31.4 Å². The van der Waals surface area contributed by atoms with Gasteiger partial charge in [0.1, 0.15) is 5.76 Å². The van der Waals surface area contributed by atoms with E-state index in [2.05, 4.69) is 0 Å². The van der Waals surface area contributed by atoms with Crippen LogP contribution in [0.25, 0.3) is 5.76 Å². The van der Waals surface area contributed by atoms with Crippen molar-refractivity contribution in [3.05, 3.63) is 63.1 Å². The van der Waals surface area contributed by atoms with Crippen molar-refractivity contribution in [2.24, 2.45) is 0 Å². The number of ether oxygens (including phenoxy) is 3. The van der Waals surface area contributed by atoms with Gasteiger partial charge in [-0.3, -0.25) is 9.59 Å². The zero-order valence-corrected chi connectivity index (χ0v) is 20.9. The molecule has 1 aliphatic heterocycles. The molecule has 0 radical (unpaired) electrons. The second-order valence-electron chi connectivity index (χ2n) is 8.04. The number of hydrogen-bond acceptors (Lipinski definition) is 6. The fourth-order valence-electron chi connectivity index (χ4n) is 3.84. The van der Waals surface area contributed by atoms with Gasteiger partial charge in [0.15, 0.2) is 11.5 Å². The SMILES string of the molecule is COCCCN1C(=O)C(=O)/C(=C(\O)c2ccc(Cl)c(Cl)c2)C1c1ccc(OC(C)C)c(OC)c1. The highest BCUT2D eigenvalue weighted by molar-refractivity contribution is 6.46. The Morgan fingerprint density at radius 2 is 1.79 bits per heavy atom. The zero-order chi connectivity index (χ0) is 25.0. The summed E-state index contributed by atoms with van der Waals surface area (Å²) in [5, 5.41) is 11.7. The van der Waals surface area contributed by atoms with Gasteiger partial charge < -0.3 is 24.2 Å². The molecule has 1 N–H and O–H groups in total. The van der Waals surface area contributed by atoms with Crippen molar-refractivity contribution in [1.82, 2.24) is 4.90 Å². The molecule has 3 rings (SSSR count). The van der Waals surface area contributed by atoms with E-state index in [4.69, 9.17) is 37.4 Å². The first-order chi connectivity index (χ1) is 16.2. The van der Waals surface area contributed by atoms with E-state index >= 15 is 0 Å². The van der Waals surface area contributed by atoms with Gasteiger partial charge in [-0.1, -0.05) is 29.3 Å². The summed E-state index contributed by atoms with van der Waals surface area (Å²) in [4.78, 5) is 27.5. The Morgan fingerprint density at radius 1 is 1.06 bits per heavy atom. The van der Waals surface area contributed by atoms with E-state index < -0.39 is 17.7 Å². The molecule has 1 atom stereocenters. The number of methoxy groups -OCH3 is 2. The first-order valence-corrected chi connectivity index (χ1v) is 11.5. The summed E-state index contributed by atoms with van der Waals surface area (Å²) < 4.78 is 16.4. The van der Waals surface area contributed by atoms with Gasteiger partial charge in [0.2, 0.25) is 0 Å². The molecule has 2 aromatic carbocycles. The summed E-state index contributed by atoms with van der Waals surface area (Å²) in [6.07, 6.45) is 0.437. The Bertz CT molecular complexity index is 1110. The van der Waals surface area contributed by atoms with Crippen LogP contribution >= 0.6 is 23.2 Å². The lowest BCUT2D eigenvalue weighted by Gasteiger charge is -2.26. The molecule has 1 amide bonds. The Balaban J connectivity index is 2.16. The molecule has 0 bridgehead atoms. The van der Waals surface area contributed by atoms with Crippen LogP contribution in [0.4, 0.5) is 0 Å². The lowest BCUT2D eigenvalue weighted by atomic mass is 9.95. The number of Topliss-reactive ketones (excluding diaryl/α,β-unsaturated/α-hetero) is 1. The highest BCUT2D eigenvalue weighted by Gasteiger charge is 2.46. The van der Waals surface area contributed by atoms with Gasteiger partial charge in [-0.15, -0.1) is 0 Å². The van der Waals surface area contributed by atoms with Crippen LogP contribution in [0.1, 0.15) is 37.4 Å². The summed E-state index contributed by atoms with van der Waals surface area (Å²) in [7, 11) is 3.08. The second kappa shape index (κ2) is 11.1. The minimum atomic E-state index is -0.840. The summed E-state index contributed by atoms with van der Waals surface area (Å²) in [6, 6.07) is 8.86. The number of aliphatic hydroxyl groups is 1. The zero-order valence-electron chi connectivity index (χ0n) is 19.4. The number of ketones is 1. The molecule has 34 heavy (non-hydrogen) atoms. The van der Waals surface area contributed by atoms with Crippen LogP contribution in [0.5, 0.6) is 11.5 Å². The van der Waals surface area contributed by atoms with Crippen molar-refractivity contribution in [2.45, 2.75) is 32.4 Å². The lowest BCUT2D eigenvalue weighted by molar-refractivity contribution is -0.140. The molecule has 0 saturated carbocycles. The fraction of sp³-hybridized carbons (Fsp3) is 0.360. The quantitative estimate of drug-likeness (QED) is 0.216. The van der Waals surface area contributed by atoms with Crippen LogP contribution in [0.3, 0.4) is 0 Å². The predicted octanol–water partition coefficient (Wildman–Crippen LogP) is 5.25. The van der Waals surface area contributed by atoms with Gasteiger partial charge in [0, 0.05) is 25.8 Å². The van der Waals surface area contributed by atoms with E-state index in [0.717, 1.165) is 0 Å². The van der Waals surface area contributed by atoms with E-state index in [1.807, 2.05) is 13.8 Å². The van der Waals surface area contributed by atoms with Crippen LogP contribution in [-0.4, -0.2) is 55.2 Å². The number of benzene rings is 2. The smallest absolute Gasteiger partial charge is 0.295 e. The summed E-state index contributed by atoms with van der Waals surface area (Å²) in [5.74, 6) is -0.848. The molecule has 1 heterocycles. The van der Waals surface area contributed by atoms with Crippen molar-refractivity contribution in [2.75, 3.05) is 27.4 Å². The maximum Gasteiger partial charge on any atom is 0.295 e. The molecular weight excluding hydrogens is 481 g/mol. The number of nitrogens with zero attached hydrogens (tertiary/aromatic N) is 1. The molecule has 182 valence electrons. The maximum absolute atomic E-state index is 13.1. The van der Waals surface area contributed by atoms with Crippen LogP contribution in [0, 0.1) is 0 Å². The van der Waals surface area contributed by atoms with Crippen molar-refractivity contribution in [1.29, 1.82) is 0 Å². The molecule has 2 aromatic rings. The number of carbonyl (C=O) groups is 2. The Kier molecular flexibility index (Phi) is 8.47. The average molecular weight is 508 g/mol. The van der Waals surface area contributed by atoms with Gasteiger partial charge in [0.25, 0.3) is 11.7 Å². The summed E-state index contributed by atoms with van der Waals surface area (Å²) in [5.41, 5.74) is 0.826. The van der Waals surface area contributed by atoms with Gasteiger partial charge in [-0.05, 0) is 56.2 Å². The summed E-state index contributed by atoms with van der Waals surface area (Å²) in [6.45, 7) is 4.46. The molecule has 9 heteroatoms. The summed E-state index contributed by atoms with van der Waals surface area (Å²) >= 11 is 12.1. The number of halogens is 2. The van der Waals surface area contributed by atoms with E-state index in [0.29, 0.717) is 35.1 Å². The Labute approximate surface area is 208 Å². The van der Waals surface area contributed by atoms with Crippen molar-refractivity contribution >= 4 is 40.7 Å². The number of carbonyl (C=O) groups excluding carboxylic acids is 2. The highest BCUT2D eigenvalue weighted by atomic mass is 35.5. The number of hydrogen-bond donors (Lipinski definition) is 1. The molecular formula is C25H27Cl2NO6.